The van der Waals surface area contributed by atoms with Crippen molar-refractivity contribution >= 4 is 56.6 Å². The van der Waals surface area contributed by atoms with Gasteiger partial charge in [0.05, 0.1) is 22.7 Å². The molecule has 3 aromatic rings. The quantitative estimate of drug-likeness (QED) is 0.294. The molecule has 1 amide bonds. The highest BCUT2D eigenvalue weighted by molar-refractivity contribution is 7.98. The summed E-state index contributed by atoms with van der Waals surface area (Å²) in [6.07, 6.45) is 0.737. The lowest BCUT2D eigenvalue weighted by molar-refractivity contribution is -0.119. The number of carbonyl (C=O) groups excluding carboxylic acids is 1. The Balaban J connectivity index is 1.62. The number of hydrogen-bond acceptors (Lipinski definition) is 5. The van der Waals surface area contributed by atoms with E-state index >= 15 is 0 Å². The number of ether oxygens (including phenoxy) is 1. The third-order valence-corrected chi connectivity index (χ3v) is 8.59. The number of hydrogen-bond donors (Lipinski definition) is 1. The molecule has 3 aromatic carbocycles. The standard InChI is InChI=1S/C25H26Cl2N2O4S2/c1-33-24-13-12-20(16-23(24)27)29(35(31,32)21-9-3-2-4-10-21)17-25(30)28-14-7-15-34-18-19-8-5-6-11-22(19)26/h2-6,8-13,16H,7,14-15,17-18H2,1H3,(H,28,30). The normalized spacial score (nSPS) is 11.2. The van der Waals surface area contributed by atoms with E-state index in [4.69, 9.17) is 27.9 Å². The summed E-state index contributed by atoms with van der Waals surface area (Å²) in [7, 11) is -2.53. The zero-order valence-electron chi connectivity index (χ0n) is 19.1. The number of methoxy groups -OCH3 is 1. The van der Waals surface area contributed by atoms with Crippen LogP contribution in [-0.2, 0) is 20.6 Å². The molecule has 0 unspecified atom stereocenters. The lowest BCUT2D eigenvalue weighted by Gasteiger charge is -2.24. The van der Waals surface area contributed by atoms with E-state index in [-0.39, 0.29) is 22.2 Å². The Morgan fingerprint density at radius 1 is 1.00 bits per heavy atom. The number of carbonyl (C=O) groups is 1. The Hall–Kier alpha value is -2.39. The molecule has 0 aliphatic heterocycles. The van der Waals surface area contributed by atoms with Gasteiger partial charge in [0.2, 0.25) is 5.91 Å². The van der Waals surface area contributed by atoms with Gasteiger partial charge in [-0.1, -0.05) is 59.6 Å². The first-order chi connectivity index (χ1) is 16.8. The second-order valence-corrected chi connectivity index (χ2v) is 11.3. The van der Waals surface area contributed by atoms with E-state index in [9.17, 15) is 13.2 Å². The molecule has 186 valence electrons. The lowest BCUT2D eigenvalue weighted by atomic mass is 10.2. The molecule has 1 N–H and O–H groups in total. The molecule has 0 aliphatic carbocycles. The predicted octanol–water partition coefficient (Wildman–Crippen LogP) is 5.64. The molecule has 0 heterocycles. The van der Waals surface area contributed by atoms with E-state index in [1.165, 1.54) is 25.3 Å². The average Bonchev–Trinajstić information content (AvgIpc) is 2.86. The van der Waals surface area contributed by atoms with Crippen molar-refractivity contribution in [3.8, 4) is 5.75 Å². The van der Waals surface area contributed by atoms with E-state index in [0.717, 1.165) is 32.8 Å². The second kappa shape index (κ2) is 13.1. The molecular formula is C25H26Cl2N2O4S2. The first kappa shape index (κ1) is 27.2. The van der Waals surface area contributed by atoms with Crippen molar-refractivity contribution in [3.05, 3.63) is 88.4 Å². The molecule has 0 spiro atoms. The minimum absolute atomic E-state index is 0.0794. The number of nitrogens with one attached hydrogen (secondary N) is 1. The van der Waals surface area contributed by atoms with Crippen molar-refractivity contribution in [2.75, 3.05) is 30.3 Å². The Kier molecular flexibility index (Phi) is 10.2. The molecule has 0 bridgehead atoms. The van der Waals surface area contributed by atoms with Gasteiger partial charge < -0.3 is 10.1 Å². The predicted molar refractivity (Wildman–Crippen MR) is 144 cm³/mol. The van der Waals surface area contributed by atoms with E-state index in [0.29, 0.717) is 12.3 Å². The summed E-state index contributed by atoms with van der Waals surface area (Å²) in [5.74, 6) is 1.61. The van der Waals surface area contributed by atoms with Crippen molar-refractivity contribution in [2.24, 2.45) is 0 Å². The van der Waals surface area contributed by atoms with Crippen LogP contribution in [0.15, 0.2) is 77.7 Å². The van der Waals surface area contributed by atoms with Gasteiger partial charge in [-0.2, -0.15) is 11.8 Å². The highest BCUT2D eigenvalue weighted by Crippen LogP contribution is 2.31. The van der Waals surface area contributed by atoms with Crippen LogP contribution in [0.25, 0.3) is 0 Å². The number of halogens is 2. The third-order valence-electron chi connectivity index (χ3n) is 5.04. The maximum atomic E-state index is 13.4. The summed E-state index contributed by atoms with van der Waals surface area (Å²) in [5, 5.41) is 3.80. The molecule has 0 aliphatic rings. The number of thioether (sulfide) groups is 1. The molecule has 0 fully saturated rings. The van der Waals surface area contributed by atoms with Crippen LogP contribution in [0, 0.1) is 0 Å². The summed E-state index contributed by atoms with van der Waals surface area (Å²) in [6, 6.07) is 20.3. The van der Waals surface area contributed by atoms with Crippen molar-refractivity contribution < 1.29 is 17.9 Å². The van der Waals surface area contributed by atoms with Crippen LogP contribution >= 0.6 is 35.0 Å². The van der Waals surface area contributed by atoms with Gasteiger partial charge in [-0.25, -0.2) is 8.42 Å². The van der Waals surface area contributed by atoms with Gasteiger partial charge in [-0.15, -0.1) is 0 Å². The van der Waals surface area contributed by atoms with Crippen molar-refractivity contribution in [3.63, 3.8) is 0 Å². The maximum absolute atomic E-state index is 13.4. The average molecular weight is 554 g/mol. The van der Waals surface area contributed by atoms with E-state index in [2.05, 4.69) is 5.32 Å². The first-order valence-corrected chi connectivity index (χ1v) is 14.2. The van der Waals surface area contributed by atoms with Gasteiger partial charge in [0, 0.05) is 17.3 Å². The summed E-state index contributed by atoms with van der Waals surface area (Å²) in [4.78, 5) is 12.8. The van der Waals surface area contributed by atoms with E-state index in [1.807, 2.05) is 24.3 Å². The van der Waals surface area contributed by atoms with Crippen molar-refractivity contribution in [1.29, 1.82) is 0 Å². The van der Waals surface area contributed by atoms with E-state index < -0.39 is 15.9 Å². The lowest BCUT2D eigenvalue weighted by Crippen LogP contribution is -2.41. The monoisotopic (exact) mass is 552 g/mol. The van der Waals surface area contributed by atoms with E-state index in [1.54, 1.807) is 42.1 Å². The SMILES string of the molecule is COc1ccc(N(CC(=O)NCCCSCc2ccccc2Cl)S(=O)(=O)c2ccccc2)cc1Cl. The minimum Gasteiger partial charge on any atom is -0.495 e. The summed E-state index contributed by atoms with van der Waals surface area (Å²) >= 11 is 14.1. The van der Waals surface area contributed by atoms with Gasteiger partial charge in [0.25, 0.3) is 10.0 Å². The summed E-state index contributed by atoms with van der Waals surface area (Å²) in [5.41, 5.74) is 1.34. The van der Waals surface area contributed by atoms with Crippen molar-refractivity contribution in [2.45, 2.75) is 17.1 Å². The highest BCUT2D eigenvalue weighted by Gasteiger charge is 2.27. The smallest absolute Gasteiger partial charge is 0.264 e. The Morgan fingerprint density at radius 3 is 2.40 bits per heavy atom. The van der Waals surface area contributed by atoms with Crippen LogP contribution in [0.1, 0.15) is 12.0 Å². The third kappa shape index (κ3) is 7.54. The molecule has 0 atom stereocenters. The topological polar surface area (TPSA) is 75.7 Å². The fraction of sp³-hybridized carbons (Fsp3) is 0.240. The molecule has 3 rings (SSSR count). The molecule has 6 nitrogen and oxygen atoms in total. The zero-order chi connectivity index (χ0) is 25.3. The maximum Gasteiger partial charge on any atom is 0.264 e. The summed E-state index contributed by atoms with van der Waals surface area (Å²) < 4.78 is 33.0. The molecule has 0 saturated carbocycles. The molecule has 0 radical (unpaired) electrons. The molecular weight excluding hydrogens is 527 g/mol. The number of rotatable bonds is 12. The van der Waals surface area contributed by atoms with Crippen LogP contribution in [0.4, 0.5) is 5.69 Å². The Labute approximate surface area is 220 Å². The minimum atomic E-state index is -4.00. The highest BCUT2D eigenvalue weighted by atomic mass is 35.5. The number of sulfonamides is 1. The number of amides is 1. The van der Waals surface area contributed by atoms with Gasteiger partial charge in [0.15, 0.2) is 0 Å². The van der Waals surface area contributed by atoms with Crippen molar-refractivity contribution in [1.82, 2.24) is 5.32 Å². The molecule has 0 saturated heterocycles. The van der Waals surface area contributed by atoms with Crippen LogP contribution in [0.5, 0.6) is 5.75 Å². The fourth-order valence-corrected chi connectivity index (χ4v) is 6.16. The van der Waals surface area contributed by atoms with Gasteiger partial charge in [-0.05, 0) is 54.1 Å². The first-order valence-electron chi connectivity index (χ1n) is 10.8. The van der Waals surface area contributed by atoms with Crippen LogP contribution in [0.3, 0.4) is 0 Å². The van der Waals surface area contributed by atoms with Gasteiger partial charge >= 0.3 is 0 Å². The molecule has 10 heteroatoms. The Bertz CT molecular complexity index is 1240. The number of benzene rings is 3. The second-order valence-electron chi connectivity index (χ2n) is 7.49. The molecule has 0 aromatic heterocycles. The zero-order valence-corrected chi connectivity index (χ0v) is 22.3. The number of anilines is 1. The Morgan fingerprint density at radius 2 is 1.71 bits per heavy atom. The van der Waals surface area contributed by atoms with Crippen LogP contribution < -0.4 is 14.4 Å². The van der Waals surface area contributed by atoms with Crippen LogP contribution in [0.2, 0.25) is 10.0 Å². The van der Waals surface area contributed by atoms with Gasteiger partial charge in [0.1, 0.15) is 12.3 Å². The van der Waals surface area contributed by atoms with Gasteiger partial charge in [-0.3, -0.25) is 9.10 Å². The number of nitrogens with zero attached hydrogens (tertiary/aromatic N) is 1. The van der Waals surface area contributed by atoms with Crippen LogP contribution in [-0.4, -0.2) is 40.3 Å². The molecule has 35 heavy (non-hydrogen) atoms. The fourth-order valence-electron chi connectivity index (χ4n) is 3.23. The summed E-state index contributed by atoms with van der Waals surface area (Å²) in [6.45, 7) is 0.0452. The largest absolute Gasteiger partial charge is 0.495 e.